The fourth-order valence-corrected chi connectivity index (χ4v) is 5.54. The van der Waals surface area contributed by atoms with Crippen LogP contribution in [0, 0.1) is 0 Å². The van der Waals surface area contributed by atoms with Gasteiger partial charge in [-0.05, 0) is 60.7 Å². The first-order chi connectivity index (χ1) is 19.5. The summed E-state index contributed by atoms with van der Waals surface area (Å²) in [4.78, 5) is 30.9. The highest BCUT2D eigenvalue weighted by Gasteiger charge is 2.28. The molecule has 1 saturated carbocycles. The number of carbonyl (C=O) groups excluding carboxylic acids is 2. The van der Waals surface area contributed by atoms with Gasteiger partial charge in [-0.25, -0.2) is 0 Å². The molecule has 1 aliphatic carbocycles. The molecular weight excluding hydrogens is 566 g/mol. The van der Waals surface area contributed by atoms with Crippen molar-refractivity contribution in [1.29, 1.82) is 0 Å². The number of amides is 2. The van der Waals surface area contributed by atoms with Crippen LogP contribution >= 0.6 is 15.9 Å². The van der Waals surface area contributed by atoms with Crippen LogP contribution in [0.2, 0.25) is 0 Å². The summed E-state index contributed by atoms with van der Waals surface area (Å²) < 4.78 is 8.51. The lowest BCUT2D eigenvalue weighted by Gasteiger charge is -2.36. The third kappa shape index (κ3) is 8.93. The highest BCUT2D eigenvalue weighted by atomic mass is 79.9. The predicted molar refractivity (Wildman–Crippen MR) is 164 cm³/mol. The minimum atomic E-state index is -0.157. The van der Waals surface area contributed by atoms with Gasteiger partial charge in [0.25, 0.3) is 0 Å². The highest BCUT2D eigenvalue weighted by molar-refractivity contribution is 9.10. The molecule has 40 heavy (non-hydrogen) atoms. The van der Waals surface area contributed by atoms with Gasteiger partial charge in [0, 0.05) is 55.3 Å². The van der Waals surface area contributed by atoms with Crippen LogP contribution in [-0.4, -0.2) is 59.0 Å². The van der Waals surface area contributed by atoms with E-state index < -0.39 is 0 Å². The van der Waals surface area contributed by atoms with Gasteiger partial charge in [0.1, 0.15) is 6.54 Å². The second kappa shape index (κ2) is 15.6. The normalized spacial score (nSPS) is 13.9. The van der Waals surface area contributed by atoms with Gasteiger partial charge in [0.05, 0.1) is 6.54 Å². The zero-order valence-corrected chi connectivity index (χ0v) is 25.0. The molecule has 0 unspecified atom stereocenters. The Morgan fingerprint density at radius 2 is 1.75 bits per heavy atom. The van der Waals surface area contributed by atoms with E-state index >= 15 is 0 Å². The van der Waals surface area contributed by atoms with Crippen LogP contribution in [0.3, 0.4) is 0 Å². The number of carbonyl (C=O) groups is 2. The molecule has 2 aromatic carbocycles. The van der Waals surface area contributed by atoms with Crippen LogP contribution in [0.15, 0.2) is 83.5 Å². The summed E-state index contributed by atoms with van der Waals surface area (Å²) in [7, 11) is 1.65. The van der Waals surface area contributed by atoms with Crippen molar-refractivity contribution in [2.75, 3.05) is 26.8 Å². The largest absolute Gasteiger partial charge is 0.385 e. The lowest BCUT2D eigenvalue weighted by atomic mass is 9.94. The maximum absolute atomic E-state index is 14.0. The molecule has 1 aromatic heterocycles. The summed E-state index contributed by atoms with van der Waals surface area (Å²) in [5.41, 5.74) is 3.26. The third-order valence-electron chi connectivity index (χ3n) is 7.49. The van der Waals surface area contributed by atoms with Crippen molar-refractivity contribution in [2.24, 2.45) is 0 Å². The van der Waals surface area contributed by atoms with E-state index in [2.05, 4.69) is 57.0 Å². The Kier molecular flexibility index (Phi) is 11.6. The molecule has 1 aliphatic rings. The van der Waals surface area contributed by atoms with Crippen molar-refractivity contribution in [3.05, 3.63) is 100 Å². The lowest BCUT2D eigenvalue weighted by Crippen LogP contribution is -2.47. The summed E-state index contributed by atoms with van der Waals surface area (Å²) in [6.45, 7) is 2.35. The Balaban J connectivity index is 1.51. The molecule has 2 amide bonds. The molecule has 0 bridgehead atoms. The number of rotatable bonds is 13. The molecule has 0 N–H and O–H groups in total. The van der Waals surface area contributed by atoms with E-state index in [9.17, 15) is 9.59 Å². The molecule has 0 atom stereocenters. The Hall–Kier alpha value is -3.16. The molecule has 1 heterocycles. The summed E-state index contributed by atoms with van der Waals surface area (Å²) in [5, 5.41) is 0. The maximum atomic E-state index is 14.0. The molecule has 0 spiro atoms. The van der Waals surface area contributed by atoms with Gasteiger partial charge in [-0.2, -0.15) is 0 Å². The number of ether oxygens (including phenoxy) is 1. The number of aromatic nitrogens is 1. The van der Waals surface area contributed by atoms with E-state index in [1.54, 1.807) is 18.1 Å². The standard InChI is InChI=1S/C33H40BrN3O3/c1-40-23-9-22-36(32(38)20-17-27-10-4-2-5-11-27)26-33(39)37(30-12-6-3-7-13-30)25-31-14-8-21-35(31)24-28-15-18-29(34)19-16-28/h2,4-5,8,10-11,14-21,30H,3,6-7,9,12-13,22-26H2,1H3/b20-17+. The summed E-state index contributed by atoms with van der Waals surface area (Å²) in [5.74, 6) is -0.155. The first-order valence-corrected chi connectivity index (χ1v) is 15.0. The Morgan fingerprint density at radius 3 is 2.48 bits per heavy atom. The number of hydrogen-bond donors (Lipinski definition) is 0. The van der Waals surface area contributed by atoms with Gasteiger partial charge in [0.15, 0.2) is 0 Å². The van der Waals surface area contributed by atoms with Crippen molar-refractivity contribution in [3.8, 4) is 0 Å². The maximum Gasteiger partial charge on any atom is 0.247 e. The van der Waals surface area contributed by atoms with Crippen molar-refractivity contribution in [3.63, 3.8) is 0 Å². The quantitative estimate of drug-likeness (QED) is 0.164. The predicted octanol–water partition coefficient (Wildman–Crippen LogP) is 6.54. The van der Waals surface area contributed by atoms with Crippen LogP contribution in [-0.2, 0) is 27.4 Å². The van der Waals surface area contributed by atoms with Crippen molar-refractivity contribution < 1.29 is 14.3 Å². The zero-order chi connectivity index (χ0) is 28.2. The minimum absolute atomic E-state index is 0.00201. The van der Waals surface area contributed by atoms with Crippen LogP contribution < -0.4 is 0 Å². The van der Waals surface area contributed by atoms with Crippen molar-refractivity contribution in [1.82, 2.24) is 14.4 Å². The SMILES string of the molecule is COCCCN(CC(=O)N(Cc1cccn1Cc1ccc(Br)cc1)C1CCCCC1)C(=O)/C=C/c1ccccc1. The average molecular weight is 607 g/mol. The molecule has 6 nitrogen and oxygen atoms in total. The second-order valence-electron chi connectivity index (χ2n) is 10.4. The lowest BCUT2D eigenvalue weighted by molar-refractivity contribution is -0.141. The van der Waals surface area contributed by atoms with Crippen LogP contribution in [0.1, 0.15) is 55.3 Å². The number of halogens is 1. The number of hydrogen-bond acceptors (Lipinski definition) is 3. The Labute approximate surface area is 246 Å². The smallest absolute Gasteiger partial charge is 0.247 e. The topological polar surface area (TPSA) is 54.8 Å². The van der Waals surface area contributed by atoms with Gasteiger partial charge in [-0.1, -0.05) is 77.7 Å². The average Bonchev–Trinajstić information content (AvgIpc) is 3.42. The fraction of sp³-hybridized carbons (Fsp3) is 0.394. The van der Waals surface area contributed by atoms with Crippen LogP contribution in [0.4, 0.5) is 0 Å². The number of nitrogens with zero attached hydrogens (tertiary/aromatic N) is 3. The van der Waals surface area contributed by atoms with E-state index in [1.165, 1.54) is 12.0 Å². The molecule has 0 radical (unpaired) electrons. The van der Waals surface area contributed by atoms with E-state index in [4.69, 9.17) is 4.74 Å². The summed E-state index contributed by atoms with van der Waals surface area (Å²) in [6, 6.07) is 22.4. The van der Waals surface area contributed by atoms with Crippen LogP contribution in [0.5, 0.6) is 0 Å². The molecule has 0 saturated heterocycles. The second-order valence-corrected chi connectivity index (χ2v) is 11.3. The summed E-state index contributed by atoms with van der Waals surface area (Å²) >= 11 is 3.51. The minimum Gasteiger partial charge on any atom is -0.385 e. The zero-order valence-electron chi connectivity index (χ0n) is 23.4. The van der Waals surface area contributed by atoms with Gasteiger partial charge >= 0.3 is 0 Å². The first kappa shape index (κ1) is 29.8. The van der Waals surface area contributed by atoms with E-state index in [0.29, 0.717) is 26.1 Å². The number of benzene rings is 2. The van der Waals surface area contributed by atoms with E-state index in [0.717, 1.165) is 48.0 Å². The van der Waals surface area contributed by atoms with Gasteiger partial charge in [-0.3, -0.25) is 9.59 Å². The summed E-state index contributed by atoms with van der Waals surface area (Å²) in [6.07, 6.45) is 11.6. The molecule has 0 aliphatic heterocycles. The van der Waals surface area contributed by atoms with Gasteiger partial charge < -0.3 is 19.1 Å². The molecule has 7 heteroatoms. The van der Waals surface area contributed by atoms with E-state index in [1.807, 2.05) is 47.4 Å². The fourth-order valence-electron chi connectivity index (χ4n) is 5.28. The molecular formula is C33H40BrN3O3. The highest BCUT2D eigenvalue weighted by Crippen LogP contribution is 2.25. The van der Waals surface area contributed by atoms with Crippen molar-refractivity contribution >= 4 is 33.8 Å². The Morgan fingerprint density at radius 1 is 1.00 bits per heavy atom. The number of methoxy groups -OCH3 is 1. The monoisotopic (exact) mass is 605 g/mol. The Bertz CT molecular complexity index is 1230. The van der Waals surface area contributed by atoms with Crippen molar-refractivity contribution in [2.45, 2.75) is 57.7 Å². The molecule has 1 fully saturated rings. The third-order valence-corrected chi connectivity index (χ3v) is 8.02. The molecule has 3 aromatic rings. The molecule has 4 rings (SSSR count). The first-order valence-electron chi connectivity index (χ1n) is 14.2. The van der Waals surface area contributed by atoms with E-state index in [-0.39, 0.29) is 24.4 Å². The van der Waals surface area contributed by atoms with Gasteiger partial charge in [-0.15, -0.1) is 0 Å². The molecule has 212 valence electrons. The van der Waals surface area contributed by atoms with Crippen LogP contribution in [0.25, 0.3) is 6.08 Å². The van der Waals surface area contributed by atoms with Gasteiger partial charge in [0.2, 0.25) is 11.8 Å².